The average molecular weight is 309 g/mol. The minimum absolute atomic E-state index is 0.121. The van der Waals surface area contributed by atoms with Crippen LogP contribution in [0.2, 0.25) is 0 Å². The number of nitrogens with zero attached hydrogens (tertiary/aromatic N) is 1. The summed E-state index contributed by atoms with van der Waals surface area (Å²) in [5.41, 5.74) is 0.294. The lowest BCUT2D eigenvalue weighted by Crippen LogP contribution is -2.46. The van der Waals surface area contributed by atoms with Crippen molar-refractivity contribution < 1.29 is 14.3 Å². The molecule has 6 heteroatoms. The largest absolute Gasteiger partial charge is 0.387 e. The zero-order valence-electron chi connectivity index (χ0n) is 13.1. The molecule has 0 aromatic carbocycles. The normalized spacial score (nSPS) is 20.5. The first-order valence-corrected chi connectivity index (χ1v) is 7.66. The van der Waals surface area contributed by atoms with E-state index in [4.69, 9.17) is 0 Å². The number of aromatic nitrogens is 1. The van der Waals surface area contributed by atoms with E-state index in [9.17, 15) is 14.3 Å². The maximum Gasteiger partial charge on any atom is 0.220 e. The number of halogens is 1. The smallest absolute Gasteiger partial charge is 0.220 e. The first-order valence-electron chi connectivity index (χ1n) is 7.66. The van der Waals surface area contributed by atoms with E-state index in [-0.39, 0.29) is 11.4 Å². The van der Waals surface area contributed by atoms with Crippen LogP contribution < -0.4 is 10.6 Å². The Labute approximate surface area is 130 Å². The Morgan fingerprint density at radius 3 is 2.95 bits per heavy atom. The Hall–Kier alpha value is -1.53. The Balaban J connectivity index is 1.82. The summed E-state index contributed by atoms with van der Waals surface area (Å²) in [6.07, 6.45) is 4.17. The molecule has 1 aliphatic heterocycles. The molecule has 0 bridgehead atoms. The first-order chi connectivity index (χ1) is 10.4. The molecule has 122 valence electrons. The van der Waals surface area contributed by atoms with Gasteiger partial charge in [-0.25, -0.2) is 4.39 Å². The van der Waals surface area contributed by atoms with Crippen molar-refractivity contribution in [3.63, 3.8) is 0 Å². The number of carbonyl (C=O) groups excluding carboxylic acids is 1. The molecule has 2 atom stereocenters. The van der Waals surface area contributed by atoms with E-state index in [1.54, 1.807) is 0 Å². The highest BCUT2D eigenvalue weighted by Gasteiger charge is 2.26. The van der Waals surface area contributed by atoms with E-state index in [0.717, 1.165) is 19.0 Å². The Kier molecular flexibility index (Phi) is 5.47. The van der Waals surface area contributed by atoms with Gasteiger partial charge < -0.3 is 15.7 Å². The van der Waals surface area contributed by atoms with Gasteiger partial charge in [-0.15, -0.1) is 0 Å². The summed E-state index contributed by atoms with van der Waals surface area (Å²) in [6.45, 7) is 5.18. The van der Waals surface area contributed by atoms with E-state index >= 15 is 0 Å². The number of carbonyl (C=O) groups is 1. The Bertz CT molecular complexity index is 512. The van der Waals surface area contributed by atoms with Crippen LogP contribution in [-0.2, 0) is 4.79 Å². The van der Waals surface area contributed by atoms with Gasteiger partial charge in [0.2, 0.25) is 5.91 Å². The standard InChI is InChI=1S/C16H24FN3O2/c1-16(2,6-11-3-4-15(22)19-7-11)20-10-14(21)12-5-13(17)9-18-8-12/h5,8-9,11,14,20-21H,3-4,6-7,10H2,1-2H3,(H,19,22)/t11-,14?/m0/s1. The number of piperidine rings is 1. The summed E-state index contributed by atoms with van der Waals surface area (Å²) in [7, 11) is 0. The fourth-order valence-corrected chi connectivity index (χ4v) is 2.85. The van der Waals surface area contributed by atoms with Gasteiger partial charge in [-0.1, -0.05) is 0 Å². The van der Waals surface area contributed by atoms with Crippen LogP contribution in [0.15, 0.2) is 18.5 Å². The molecule has 1 fully saturated rings. The van der Waals surface area contributed by atoms with Crippen LogP contribution in [-0.4, -0.2) is 34.6 Å². The second-order valence-electron chi connectivity index (χ2n) is 6.63. The SMILES string of the molecule is CC(C)(C[C@@H]1CCC(=O)NC1)NCC(O)c1cncc(F)c1. The van der Waals surface area contributed by atoms with Crippen molar-refractivity contribution in [2.75, 3.05) is 13.1 Å². The molecule has 1 aromatic rings. The third kappa shape index (κ3) is 5.03. The highest BCUT2D eigenvalue weighted by molar-refractivity contribution is 5.76. The fourth-order valence-electron chi connectivity index (χ4n) is 2.85. The summed E-state index contributed by atoms with van der Waals surface area (Å²) in [5.74, 6) is 0.109. The van der Waals surface area contributed by atoms with Crippen LogP contribution in [0.1, 0.15) is 44.8 Å². The lowest BCUT2D eigenvalue weighted by Gasteiger charge is -2.33. The van der Waals surface area contributed by atoms with Crippen molar-refractivity contribution in [1.29, 1.82) is 0 Å². The molecule has 0 aliphatic carbocycles. The molecule has 1 aliphatic rings. The van der Waals surface area contributed by atoms with E-state index in [0.29, 0.717) is 31.0 Å². The number of hydrogen-bond acceptors (Lipinski definition) is 4. The highest BCUT2D eigenvalue weighted by atomic mass is 19.1. The van der Waals surface area contributed by atoms with Gasteiger partial charge in [0, 0.05) is 36.8 Å². The van der Waals surface area contributed by atoms with E-state index in [1.165, 1.54) is 12.3 Å². The predicted molar refractivity (Wildman–Crippen MR) is 81.6 cm³/mol. The second kappa shape index (κ2) is 7.15. The molecule has 1 unspecified atom stereocenters. The highest BCUT2D eigenvalue weighted by Crippen LogP contribution is 2.23. The molecule has 0 saturated carbocycles. The van der Waals surface area contributed by atoms with E-state index < -0.39 is 11.9 Å². The Morgan fingerprint density at radius 2 is 2.32 bits per heavy atom. The number of hydrogen-bond donors (Lipinski definition) is 3. The molecular weight excluding hydrogens is 285 g/mol. The lowest BCUT2D eigenvalue weighted by atomic mass is 9.85. The van der Waals surface area contributed by atoms with Crippen LogP contribution in [0.4, 0.5) is 4.39 Å². The number of rotatable bonds is 6. The zero-order chi connectivity index (χ0) is 16.2. The topological polar surface area (TPSA) is 74.2 Å². The summed E-state index contributed by atoms with van der Waals surface area (Å²) >= 11 is 0. The average Bonchev–Trinajstić information content (AvgIpc) is 2.47. The van der Waals surface area contributed by atoms with Crippen LogP contribution in [0.25, 0.3) is 0 Å². The quantitative estimate of drug-likeness (QED) is 0.745. The number of aliphatic hydroxyl groups is 1. The van der Waals surface area contributed by atoms with Gasteiger partial charge in [-0.3, -0.25) is 9.78 Å². The van der Waals surface area contributed by atoms with Gasteiger partial charge in [0.25, 0.3) is 0 Å². The molecular formula is C16H24FN3O2. The van der Waals surface area contributed by atoms with Gasteiger partial charge in [0.15, 0.2) is 0 Å². The number of nitrogens with one attached hydrogen (secondary N) is 2. The van der Waals surface area contributed by atoms with Crippen LogP contribution in [0.3, 0.4) is 0 Å². The second-order valence-corrected chi connectivity index (χ2v) is 6.63. The molecule has 0 radical (unpaired) electrons. The van der Waals surface area contributed by atoms with Crippen molar-refractivity contribution >= 4 is 5.91 Å². The zero-order valence-corrected chi connectivity index (χ0v) is 13.1. The monoisotopic (exact) mass is 309 g/mol. The van der Waals surface area contributed by atoms with Gasteiger partial charge >= 0.3 is 0 Å². The molecule has 0 spiro atoms. The molecule has 22 heavy (non-hydrogen) atoms. The lowest BCUT2D eigenvalue weighted by molar-refractivity contribution is -0.123. The van der Waals surface area contributed by atoms with Crippen LogP contribution in [0.5, 0.6) is 0 Å². The van der Waals surface area contributed by atoms with Crippen molar-refractivity contribution in [3.8, 4) is 0 Å². The van der Waals surface area contributed by atoms with Crippen LogP contribution in [0, 0.1) is 11.7 Å². The molecule has 2 rings (SSSR count). The first kappa shape index (κ1) is 16.8. The number of pyridine rings is 1. The van der Waals surface area contributed by atoms with Crippen molar-refractivity contribution in [1.82, 2.24) is 15.6 Å². The van der Waals surface area contributed by atoms with E-state index in [1.807, 2.05) is 0 Å². The predicted octanol–water partition coefficient (Wildman–Crippen LogP) is 1.54. The maximum absolute atomic E-state index is 13.1. The summed E-state index contributed by atoms with van der Waals surface area (Å²) in [5, 5.41) is 16.3. The van der Waals surface area contributed by atoms with Gasteiger partial charge in [-0.2, -0.15) is 0 Å². The summed E-state index contributed by atoms with van der Waals surface area (Å²) in [4.78, 5) is 14.9. The third-order valence-corrected chi connectivity index (χ3v) is 4.05. The Morgan fingerprint density at radius 1 is 1.55 bits per heavy atom. The molecule has 1 amide bonds. The van der Waals surface area contributed by atoms with Crippen molar-refractivity contribution in [2.45, 2.75) is 44.8 Å². The summed E-state index contributed by atoms with van der Waals surface area (Å²) in [6, 6.07) is 1.29. The van der Waals surface area contributed by atoms with Gasteiger partial charge in [0.05, 0.1) is 12.3 Å². The third-order valence-electron chi connectivity index (χ3n) is 4.05. The maximum atomic E-state index is 13.1. The van der Waals surface area contributed by atoms with Gasteiger partial charge in [-0.05, 0) is 38.7 Å². The van der Waals surface area contributed by atoms with Crippen molar-refractivity contribution in [3.05, 3.63) is 29.8 Å². The minimum atomic E-state index is -0.798. The molecule has 5 nitrogen and oxygen atoms in total. The minimum Gasteiger partial charge on any atom is -0.387 e. The van der Waals surface area contributed by atoms with Crippen molar-refractivity contribution in [2.24, 2.45) is 5.92 Å². The van der Waals surface area contributed by atoms with Gasteiger partial charge in [0.1, 0.15) is 5.82 Å². The molecule has 2 heterocycles. The number of β-amino-alcohol motifs (C(OH)–C–C–N with tert-alkyl or cyclic N) is 1. The molecule has 3 N–H and O–H groups in total. The molecule has 1 aromatic heterocycles. The number of amides is 1. The fraction of sp³-hybridized carbons (Fsp3) is 0.625. The molecule has 1 saturated heterocycles. The number of aliphatic hydroxyl groups excluding tert-OH is 1. The summed E-state index contributed by atoms with van der Waals surface area (Å²) < 4.78 is 13.1. The van der Waals surface area contributed by atoms with E-state index in [2.05, 4.69) is 29.5 Å². The van der Waals surface area contributed by atoms with Crippen LogP contribution >= 0.6 is 0 Å².